The molecule has 58 valence electrons. The van der Waals surface area contributed by atoms with E-state index in [2.05, 4.69) is 4.74 Å². The molecule has 0 spiro atoms. The summed E-state index contributed by atoms with van der Waals surface area (Å²) in [4.78, 5) is 19.6. The molecule has 0 unspecified atom stereocenters. The molecule has 10 heavy (non-hydrogen) atoms. The first-order valence-electron chi connectivity index (χ1n) is 2.58. The molecule has 0 aliphatic heterocycles. The zero-order valence-corrected chi connectivity index (χ0v) is 6.78. The van der Waals surface area contributed by atoms with Crippen molar-refractivity contribution < 1.29 is 14.3 Å². The fourth-order valence-electron chi connectivity index (χ4n) is 0.291. The maximum atomic E-state index is 10.5. The van der Waals surface area contributed by atoms with Gasteiger partial charge in [0.1, 0.15) is 0 Å². The van der Waals surface area contributed by atoms with Crippen LogP contribution in [0.3, 0.4) is 0 Å². The molecule has 0 bridgehead atoms. The van der Waals surface area contributed by atoms with Crippen molar-refractivity contribution in [2.75, 3.05) is 6.61 Å². The number of alkyl halides is 2. The fraction of sp³-hybridized carbons (Fsp3) is 0.600. The zero-order chi connectivity index (χ0) is 8.15. The summed E-state index contributed by atoms with van der Waals surface area (Å²) in [6, 6.07) is 0. The molecular weight excluding hydrogens is 179 g/mol. The molecule has 0 heterocycles. The highest BCUT2D eigenvalue weighted by atomic mass is 35.5. The van der Waals surface area contributed by atoms with Crippen LogP contribution in [-0.2, 0) is 14.3 Å². The van der Waals surface area contributed by atoms with Crippen LogP contribution in [0.25, 0.3) is 0 Å². The van der Waals surface area contributed by atoms with Gasteiger partial charge < -0.3 is 4.74 Å². The van der Waals surface area contributed by atoms with E-state index in [0.717, 1.165) is 0 Å². The van der Waals surface area contributed by atoms with Crippen molar-refractivity contribution in [2.24, 2.45) is 0 Å². The molecule has 0 aliphatic carbocycles. The van der Waals surface area contributed by atoms with Gasteiger partial charge in [-0.25, -0.2) is 4.79 Å². The van der Waals surface area contributed by atoms with Gasteiger partial charge in [-0.3, -0.25) is 4.79 Å². The molecule has 0 saturated heterocycles. The summed E-state index contributed by atoms with van der Waals surface area (Å²) >= 11 is 10.1. The first kappa shape index (κ1) is 9.72. The molecule has 0 aromatic heterocycles. The van der Waals surface area contributed by atoms with Crippen LogP contribution in [0.5, 0.6) is 0 Å². The van der Waals surface area contributed by atoms with Crippen LogP contribution >= 0.6 is 23.2 Å². The summed E-state index contributed by atoms with van der Waals surface area (Å²) in [7, 11) is 0. The lowest BCUT2D eigenvalue weighted by Gasteiger charge is -1.98. The Morgan fingerprint density at radius 1 is 1.50 bits per heavy atom. The molecule has 0 N–H and O–H groups in total. The van der Waals surface area contributed by atoms with Gasteiger partial charge in [-0.2, -0.15) is 0 Å². The number of hydrogen-bond acceptors (Lipinski definition) is 3. The normalized spacial score (nSPS) is 9.60. The van der Waals surface area contributed by atoms with Gasteiger partial charge in [-0.1, -0.05) is 23.2 Å². The van der Waals surface area contributed by atoms with Crippen molar-refractivity contribution in [3.8, 4) is 0 Å². The summed E-state index contributed by atoms with van der Waals surface area (Å²) in [6.45, 7) is 1.73. The van der Waals surface area contributed by atoms with E-state index >= 15 is 0 Å². The van der Waals surface area contributed by atoms with Crippen LogP contribution < -0.4 is 0 Å². The Morgan fingerprint density at radius 2 is 2.00 bits per heavy atom. The van der Waals surface area contributed by atoms with Crippen molar-refractivity contribution in [1.82, 2.24) is 0 Å². The molecule has 0 rings (SSSR count). The number of Topliss-reactive ketones (excluding diaryl/α,β-unsaturated/α-hetero) is 1. The van der Waals surface area contributed by atoms with Crippen LogP contribution in [-0.4, -0.2) is 23.2 Å². The van der Waals surface area contributed by atoms with Crippen LogP contribution in [0, 0.1) is 0 Å². The maximum absolute atomic E-state index is 10.5. The lowest BCUT2D eigenvalue weighted by atomic mass is 10.4. The van der Waals surface area contributed by atoms with Gasteiger partial charge in [-0.05, 0) is 6.92 Å². The van der Waals surface area contributed by atoms with Crippen LogP contribution in [0.15, 0.2) is 0 Å². The van der Waals surface area contributed by atoms with E-state index in [4.69, 9.17) is 23.2 Å². The Hall–Kier alpha value is -0.280. The second kappa shape index (κ2) is 4.52. The van der Waals surface area contributed by atoms with Crippen molar-refractivity contribution in [1.29, 1.82) is 0 Å². The first-order chi connectivity index (χ1) is 4.59. The number of ketones is 1. The Labute approximate surface area is 68.2 Å². The average molecular weight is 185 g/mol. The lowest BCUT2D eigenvalue weighted by Crippen LogP contribution is -2.22. The summed E-state index contributed by atoms with van der Waals surface area (Å²) < 4.78 is 4.31. The van der Waals surface area contributed by atoms with Gasteiger partial charge in [0.2, 0.25) is 0 Å². The van der Waals surface area contributed by atoms with Gasteiger partial charge in [0.25, 0.3) is 5.78 Å². The quantitative estimate of drug-likeness (QED) is 0.373. The van der Waals surface area contributed by atoms with Crippen molar-refractivity contribution in [3.05, 3.63) is 0 Å². The average Bonchev–Trinajstić information content (AvgIpc) is 1.87. The molecule has 0 amide bonds. The molecule has 5 heteroatoms. The monoisotopic (exact) mass is 184 g/mol. The van der Waals surface area contributed by atoms with Gasteiger partial charge in [0.15, 0.2) is 4.84 Å². The third-order valence-corrected chi connectivity index (χ3v) is 1.07. The molecule has 0 atom stereocenters. The number of carbonyl (C=O) groups is 2. The Kier molecular flexibility index (Phi) is 4.40. The molecule has 0 radical (unpaired) electrons. The minimum atomic E-state index is -1.32. The molecule has 0 aromatic carbocycles. The van der Waals surface area contributed by atoms with Gasteiger partial charge in [-0.15, -0.1) is 0 Å². The zero-order valence-electron chi connectivity index (χ0n) is 5.27. The highest BCUT2D eigenvalue weighted by Crippen LogP contribution is 2.03. The Bertz CT molecular complexity index is 144. The predicted octanol–water partition coefficient (Wildman–Crippen LogP) is 0.922. The second-order valence-corrected chi connectivity index (χ2v) is 2.48. The lowest BCUT2D eigenvalue weighted by molar-refractivity contribution is -0.152. The van der Waals surface area contributed by atoms with Crippen LogP contribution in [0.4, 0.5) is 0 Å². The largest absolute Gasteiger partial charge is 0.460 e. The van der Waals surface area contributed by atoms with E-state index in [1.54, 1.807) is 6.92 Å². The third-order valence-electron chi connectivity index (χ3n) is 0.675. The summed E-state index contributed by atoms with van der Waals surface area (Å²) in [5.74, 6) is -1.91. The van der Waals surface area contributed by atoms with Crippen molar-refractivity contribution in [3.63, 3.8) is 0 Å². The number of carbonyl (C=O) groups excluding carboxylic acids is 2. The fourth-order valence-corrected chi connectivity index (χ4v) is 0.469. The van der Waals surface area contributed by atoms with Crippen molar-refractivity contribution in [2.45, 2.75) is 11.8 Å². The van der Waals surface area contributed by atoms with E-state index < -0.39 is 16.6 Å². The number of rotatable bonds is 3. The molecule has 0 fully saturated rings. The minimum Gasteiger partial charge on any atom is -0.460 e. The number of esters is 1. The first-order valence-corrected chi connectivity index (χ1v) is 3.46. The van der Waals surface area contributed by atoms with Gasteiger partial charge in [0, 0.05) is 0 Å². The number of ether oxygens (including phenoxy) is 1. The maximum Gasteiger partial charge on any atom is 0.377 e. The van der Waals surface area contributed by atoms with E-state index in [1.807, 2.05) is 0 Å². The predicted molar refractivity (Wildman–Crippen MR) is 37.1 cm³/mol. The van der Waals surface area contributed by atoms with Gasteiger partial charge >= 0.3 is 5.97 Å². The second-order valence-electron chi connectivity index (χ2n) is 1.39. The Balaban J connectivity index is 3.83. The minimum absolute atomic E-state index is 0.144. The SMILES string of the molecule is CCOC(=O)C(=O)C(Cl)Cl. The summed E-state index contributed by atoms with van der Waals surface area (Å²) in [6.07, 6.45) is 0. The third kappa shape index (κ3) is 3.03. The molecule has 3 nitrogen and oxygen atoms in total. The number of halogens is 2. The summed E-state index contributed by atoms with van der Waals surface area (Å²) in [5.41, 5.74) is 0. The van der Waals surface area contributed by atoms with E-state index in [1.165, 1.54) is 0 Å². The molecular formula is C5H6Cl2O3. The van der Waals surface area contributed by atoms with Crippen LogP contribution in [0.2, 0.25) is 0 Å². The van der Waals surface area contributed by atoms with E-state index in [9.17, 15) is 9.59 Å². The topological polar surface area (TPSA) is 43.4 Å². The highest BCUT2D eigenvalue weighted by Gasteiger charge is 2.21. The van der Waals surface area contributed by atoms with E-state index in [-0.39, 0.29) is 6.61 Å². The van der Waals surface area contributed by atoms with Crippen molar-refractivity contribution >= 4 is 35.0 Å². The Morgan fingerprint density at radius 3 is 2.30 bits per heavy atom. The molecule has 0 aliphatic rings. The van der Waals surface area contributed by atoms with E-state index in [0.29, 0.717) is 0 Å². The van der Waals surface area contributed by atoms with Crippen LogP contribution in [0.1, 0.15) is 6.92 Å². The molecule has 0 saturated carbocycles. The smallest absolute Gasteiger partial charge is 0.377 e. The number of hydrogen-bond donors (Lipinski definition) is 0. The van der Waals surface area contributed by atoms with Gasteiger partial charge in [0.05, 0.1) is 6.61 Å². The standard InChI is InChI=1S/C5H6Cl2O3/c1-2-10-5(9)3(8)4(6)7/h4H,2H2,1H3. The molecule has 0 aromatic rings. The highest BCUT2D eigenvalue weighted by molar-refractivity contribution is 6.62. The summed E-state index contributed by atoms with van der Waals surface area (Å²) in [5, 5.41) is 0.